The van der Waals surface area contributed by atoms with Crippen molar-refractivity contribution < 1.29 is 15.0 Å². The van der Waals surface area contributed by atoms with E-state index in [0.29, 0.717) is 0 Å². The second kappa shape index (κ2) is 9.50. The molecule has 1 saturated heterocycles. The average molecular weight is 378 g/mol. The number of ketones is 1. The number of rotatable bonds is 7. The topological polar surface area (TPSA) is 84.6 Å². The molecule has 5 heteroatoms. The molecule has 0 spiro atoms. The Morgan fingerprint density at radius 1 is 1.18 bits per heavy atom. The lowest BCUT2D eigenvalue weighted by Crippen LogP contribution is -2.30. The Hall–Kier alpha value is -2.68. The molecule has 3 rings (SSSR count). The van der Waals surface area contributed by atoms with Gasteiger partial charge in [-0.15, -0.1) is 0 Å². The number of Topliss-reactive ketones (excluding diaryl/α,β-unsaturated/α-hetero) is 1. The summed E-state index contributed by atoms with van der Waals surface area (Å²) in [6, 6.07) is 14.2. The van der Waals surface area contributed by atoms with Crippen molar-refractivity contribution >= 4 is 28.3 Å². The van der Waals surface area contributed by atoms with Crippen molar-refractivity contribution in [3.63, 3.8) is 0 Å². The van der Waals surface area contributed by atoms with Gasteiger partial charge in [-0.1, -0.05) is 36.4 Å². The second-order valence-electron chi connectivity index (χ2n) is 7.24. The third-order valence-corrected chi connectivity index (χ3v) is 5.24. The van der Waals surface area contributed by atoms with Crippen molar-refractivity contribution in [2.45, 2.75) is 38.2 Å². The van der Waals surface area contributed by atoms with Crippen LogP contribution in [0.5, 0.6) is 0 Å². The maximum Gasteiger partial charge on any atom is 0.173 e. The standard InChI is InChI=1S/C23H26N2O3/c24-15-19(22(28)11-10-20(27)16-26)14-18-9-8-17-6-2-3-7-21(17)23(18)25-12-4-1-5-13-25/h2-3,6-9,14,20,26-27H,1,4-5,10-13,16H2/b19-14+. The maximum absolute atomic E-state index is 12.5. The SMILES string of the molecule is N#C/C(=C\c1ccc2ccccc2c1N1CCCCC1)C(=O)CCC(O)CO. The Bertz CT molecular complexity index is 908. The highest BCUT2D eigenvalue weighted by Crippen LogP contribution is 2.34. The van der Waals surface area contributed by atoms with E-state index in [1.54, 1.807) is 6.08 Å². The Balaban J connectivity index is 2.00. The predicted octanol–water partition coefficient (Wildman–Crippen LogP) is 3.44. The Morgan fingerprint density at radius 2 is 1.93 bits per heavy atom. The van der Waals surface area contributed by atoms with Crippen LogP contribution in [0.25, 0.3) is 16.8 Å². The van der Waals surface area contributed by atoms with Crippen LogP contribution in [0.15, 0.2) is 42.0 Å². The number of benzene rings is 2. The van der Waals surface area contributed by atoms with Gasteiger partial charge >= 0.3 is 0 Å². The zero-order chi connectivity index (χ0) is 19.9. The van der Waals surface area contributed by atoms with Gasteiger partial charge in [0, 0.05) is 24.9 Å². The Kier molecular flexibility index (Phi) is 6.80. The molecular weight excluding hydrogens is 352 g/mol. The third kappa shape index (κ3) is 4.59. The van der Waals surface area contributed by atoms with Crippen LogP contribution in [0, 0.1) is 11.3 Å². The summed E-state index contributed by atoms with van der Waals surface area (Å²) in [5.41, 5.74) is 2.03. The highest BCUT2D eigenvalue weighted by atomic mass is 16.3. The predicted molar refractivity (Wildman–Crippen MR) is 111 cm³/mol. The number of carbonyl (C=O) groups excluding carboxylic acids is 1. The Morgan fingerprint density at radius 3 is 2.64 bits per heavy atom. The van der Waals surface area contributed by atoms with E-state index in [2.05, 4.69) is 17.0 Å². The van der Waals surface area contributed by atoms with Gasteiger partial charge in [-0.25, -0.2) is 0 Å². The van der Waals surface area contributed by atoms with E-state index < -0.39 is 6.10 Å². The van der Waals surface area contributed by atoms with Gasteiger partial charge in [-0.3, -0.25) is 4.79 Å². The highest BCUT2D eigenvalue weighted by Gasteiger charge is 2.18. The molecule has 2 aromatic rings. The first kappa shape index (κ1) is 20.1. The molecule has 1 heterocycles. The molecule has 1 fully saturated rings. The van der Waals surface area contributed by atoms with Crippen molar-refractivity contribution in [1.82, 2.24) is 0 Å². The van der Waals surface area contributed by atoms with Gasteiger partial charge in [0.2, 0.25) is 0 Å². The van der Waals surface area contributed by atoms with Crippen LogP contribution in [0.4, 0.5) is 5.69 Å². The first-order valence-corrected chi connectivity index (χ1v) is 9.84. The van der Waals surface area contributed by atoms with Gasteiger partial charge in [-0.05, 0) is 42.7 Å². The quantitative estimate of drug-likeness (QED) is 0.569. The summed E-state index contributed by atoms with van der Waals surface area (Å²) in [5, 5.41) is 30.2. The average Bonchev–Trinajstić information content (AvgIpc) is 2.75. The van der Waals surface area contributed by atoms with E-state index in [0.717, 1.165) is 48.0 Å². The number of anilines is 1. The third-order valence-electron chi connectivity index (χ3n) is 5.24. The van der Waals surface area contributed by atoms with Gasteiger partial charge in [0.15, 0.2) is 5.78 Å². The van der Waals surface area contributed by atoms with Crippen molar-refractivity contribution in [3.05, 3.63) is 47.5 Å². The number of nitrogens with zero attached hydrogens (tertiary/aromatic N) is 2. The molecule has 1 aliphatic heterocycles. The van der Waals surface area contributed by atoms with Gasteiger partial charge in [0.1, 0.15) is 6.07 Å². The summed E-state index contributed by atoms with van der Waals surface area (Å²) in [5.74, 6) is -0.312. The number of aliphatic hydroxyl groups is 2. The fourth-order valence-corrected chi connectivity index (χ4v) is 3.71. The van der Waals surface area contributed by atoms with Crippen LogP contribution in [0.2, 0.25) is 0 Å². The largest absolute Gasteiger partial charge is 0.394 e. The fraction of sp³-hybridized carbons (Fsp3) is 0.391. The normalized spacial score (nSPS) is 16.0. The minimum absolute atomic E-state index is 0.0355. The van der Waals surface area contributed by atoms with E-state index in [9.17, 15) is 15.2 Å². The van der Waals surface area contributed by atoms with Gasteiger partial charge in [-0.2, -0.15) is 5.26 Å². The molecular formula is C23H26N2O3. The van der Waals surface area contributed by atoms with Gasteiger partial charge < -0.3 is 15.1 Å². The molecule has 0 radical (unpaired) electrons. The number of nitriles is 1. The fourth-order valence-electron chi connectivity index (χ4n) is 3.71. The van der Waals surface area contributed by atoms with E-state index >= 15 is 0 Å². The lowest BCUT2D eigenvalue weighted by atomic mass is 9.97. The summed E-state index contributed by atoms with van der Waals surface area (Å²) in [7, 11) is 0. The zero-order valence-electron chi connectivity index (χ0n) is 16.0. The molecule has 1 unspecified atom stereocenters. The second-order valence-corrected chi connectivity index (χ2v) is 7.24. The molecule has 146 valence electrons. The maximum atomic E-state index is 12.5. The molecule has 2 N–H and O–H groups in total. The van der Waals surface area contributed by atoms with Crippen molar-refractivity contribution in [3.8, 4) is 6.07 Å². The van der Waals surface area contributed by atoms with E-state index in [4.69, 9.17) is 5.11 Å². The number of aliphatic hydroxyl groups excluding tert-OH is 2. The molecule has 0 aliphatic carbocycles. The number of piperidine rings is 1. The molecule has 0 amide bonds. The molecule has 0 saturated carbocycles. The van der Waals surface area contributed by atoms with Gasteiger partial charge in [0.05, 0.1) is 24.0 Å². The summed E-state index contributed by atoms with van der Waals surface area (Å²) in [4.78, 5) is 14.8. The van der Waals surface area contributed by atoms with E-state index in [1.165, 1.54) is 6.42 Å². The molecule has 28 heavy (non-hydrogen) atoms. The van der Waals surface area contributed by atoms with E-state index in [-0.39, 0.29) is 30.8 Å². The van der Waals surface area contributed by atoms with E-state index in [1.807, 2.05) is 30.3 Å². The number of fused-ring (bicyclic) bond motifs is 1. The number of allylic oxidation sites excluding steroid dienone is 1. The van der Waals surface area contributed by atoms with Crippen LogP contribution in [-0.4, -0.2) is 41.8 Å². The van der Waals surface area contributed by atoms with Crippen molar-refractivity contribution in [2.24, 2.45) is 0 Å². The Labute approximate surface area is 165 Å². The van der Waals surface area contributed by atoms with Crippen molar-refractivity contribution in [2.75, 3.05) is 24.6 Å². The number of hydrogen-bond donors (Lipinski definition) is 2. The number of hydrogen-bond acceptors (Lipinski definition) is 5. The summed E-state index contributed by atoms with van der Waals surface area (Å²) >= 11 is 0. The van der Waals surface area contributed by atoms with Crippen LogP contribution >= 0.6 is 0 Å². The van der Waals surface area contributed by atoms with Gasteiger partial charge in [0.25, 0.3) is 0 Å². The molecule has 1 atom stereocenters. The molecule has 0 aromatic heterocycles. The molecule has 1 aliphatic rings. The molecule has 5 nitrogen and oxygen atoms in total. The number of carbonyl (C=O) groups is 1. The monoisotopic (exact) mass is 378 g/mol. The summed E-state index contributed by atoms with van der Waals surface area (Å²) in [6.07, 6.45) is 4.41. The first-order valence-electron chi connectivity index (χ1n) is 9.84. The minimum Gasteiger partial charge on any atom is -0.394 e. The first-order chi connectivity index (χ1) is 13.6. The minimum atomic E-state index is -0.937. The lowest BCUT2D eigenvalue weighted by molar-refractivity contribution is -0.115. The van der Waals surface area contributed by atoms with Crippen LogP contribution in [0.3, 0.4) is 0 Å². The van der Waals surface area contributed by atoms with Crippen LogP contribution < -0.4 is 4.90 Å². The smallest absolute Gasteiger partial charge is 0.173 e. The summed E-state index contributed by atoms with van der Waals surface area (Å²) in [6.45, 7) is 1.55. The van der Waals surface area contributed by atoms with Crippen LogP contribution in [0.1, 0.15) is 37.7 Å². The molecule has 2 aromatic carbocycles. The lowest BCUT2D eigenvalue weighted by Gasteiger charge is -2.31. The van der Waals surface area contributed by atoms with Crippen LogP contribution in [-0.2, 0) is 4.79 Å². The van der Waals surface area contributed by atoms with Crippen molar-refractivity contribution in [1.29, 1.82) is 5.26 Å². The zero-order valence-corrected chi connectivity index (χ0v) is 16.0. The summed E-state index contributed by atoms with van der Waals surface area (Å²) < 4.78 is 0. The highest BCUT2D eigenvalue weighted by molar-refractivity contribution is 6.06. The molecule has 0 bridgehead atoms.